The van der Waals surface area contributed by atoms with Crippen LogP contribution in [-0.2, 0) is 14.6 Å². The lowest BCUT2D eigenvalue weighted by atomic mass is 10.0. The van der Waals surface area contributed by atoms with Gasteiger partial charge in [-0.25, -0.2) is 13.4 Å². The zero-order valence-corrected chi connectivity index (χ0v) is 14.7. The molecule has 0 spiro atoms. The minimum absolute atomic E-state index is 0.0536. The number of amides is 1. The van der Waals surface area contributed by atoms with Crippen molar-refractivity contribution in [2.75, 3.05) is 49.7 Å². The quantitative estimate of drug-likeness (QED) is 0.787. The van der Waals surface area contributed by atoms with Crippen molar-refractivity contribution in [3.8, 4) is 5.88 Å². The Morgan fingerprint density at radius 2 is 2.04 bits per heavy atom. The maximum atomic E-state index is 12.5. The van der Waals surface area contributed by atoms with Crippen molar-refractivity contribution in [1.82, 2.24) is 9.88 Å². The van der Waals surface area contributed by atoms with Crippen LogP contribution < -0.4 is 9.64 Å². The molecule has 0 aliphatic carbocycles. The minimum Gasteiger partial charge on any atom is -0.481 e. The van der Waals surface area contributed by atoms with Crippen LogP contribution in [0.15, 0.2) is 18.3 Å². The lowest BCUT2D eigenvalue weighted by Crippen LogP contribution is -2.52. The average Bonchev–Trinajstić information content (AvgIpc) is 2.57. The number of pyridine rings is 1. The molecule has 1 aromatic rings. The van der Waals surface area contributed by atoms with Crippen molar-refractivity contribution >= 4 is 21.4 Å². The summed E-state index contributed by atoms with van der Waals surface area (Å²) in [7, 11) is -1.28. The number of rotatable bonds is 4. The fourth-order valence-corrected chi connectivity index (χ4v) is 4.90. The van der Waals surface area contributed by atoms with Crippen LogP contribution in [0, 0.1) is 5.92 Å². The van der Waals surface area contributed by atoms with E-state index >= 15 is 0 Å². The van der Waals surface area contributed by atoms with Crippen molar-refractivity contribution in [1.29, 1.82) is 0 Å². The summed E-state index contributed by atoms with van der Waals surface area (Å²) >= 11 is 0. The normalized spacial score (nSPS) is 22.5. The molecule has 7 nitrogen and oxygen atoms in total. The van der Waals surface area contributed by atoms with Gasteiger partial charge in [-0.3, -0.25) is 9.69 Å². The molecule has 8 heteroatoms. The van der Waals surface area contributed by atoms with Gasteiger partial charge in [-0.1, -0.05) is 0 Å². The first-order valence-corrected chi connectivity index (χ1v) is 10.0. The number of methoxy groups -OCH3 is 1. The molecule has 0 unspecified atom stereocenters. The van der Waals surface area contributed by atoms with Gasteiger partial charge in [0.1, 0.15) is 9.84 Å². The van der Waals surface area contributed by atoms with Crippen LogP contribution in [0.1, 0.15) is 12.8 Å². The van der Waals surface area contributed by atoms with E-state index in [2.05, 4.69) is 9.88 Å². The Labute approximate surface area is 142 Å². The highest BCUT2D eigenvalue weighted by Gasteiger charge is 2.29. The second kappa shape index (κ2) is 7.06. The van der Waals surface area contributed by atoms with Gasteiger partial charge < -0.3 is 9.64 Å². The lowest BCUT2D eigenvalue weighted by molar-refractivity contribution is -0.121. The Balaban J connectivity index is 1.56. The Hall–Kier alpha value is -1.67. The van der Waals surface area contributed by atoms with E-state index in [1.165, 1.54) is 0 Å². The molecule has 1 aromatic heterocycles. The number of hydrogen-bond donors (Lipinski definition) is 0. The van der Waals surface area contributed by atoms with Crippen LogP contribution in [0.2, 0.25) is 0 Å². The minimum atomic E-state index is -2.83. The number of nitrogens with zero attached hydrogens (tertiary/aromatic N) is 3. The molecule has 2 aliphatic heterocycles. The largest absolute Gasteiger partial charge is 0.481 e. The summed E-state index contributed by atoms with van der Waals surface area (Å²) in [5.74, 6) is 1.48. The highest BCUT2D eigenvalue weighted by Crippen LogP contribution is 2.23. The van der Waals surface area contributed by atoms with Gasteiger partial charge in [0.2, 0.25) is 11.8 Å². The summed E-state index contributed by atoms with van der Waals surface area (Å²) in [4.78, 5) is 20.4. The van der Waals surface area contributed by atoms with Crippen LogP contribution in [0.3, 0.4) is 0 Å². The van der Waals surface area contributed by atoms with Crippen molar-refractivity contribution in [3.05, 3.63) is 18.3 Å². The van der Waals surface area contributed by atoms with Gasteiger partial charge in [0.25, 0.3) is 0 Å². The van der Waals surface area contributed by atoms with Gasteiger partial charge in [0.15, 0.2) is 0 Å². The number of sulfone groups is 1. The van der Waals surface area contributed by atoms with E-state index in [1.807, 2.05) is 6.07 Å². The van der Waals surface area contributed by atoms with Gasteiger partial charge in [-0.15, -0.1) is 0 Å². The molecule has 0 atom stereocenters. The second-order valence-electron chi connectivity index (χ2n) is 6.43. The molecule has 2 fully saturated rings. The third kappa shape index (κ3) is 4.05. The molecule has 0 radical (unpaired) electrons. The number of ether oxygens (including phenoxy) is 1. The van der Waals surface area contributed by atoms with Gasteiger partial charge in [-0.2, -0.15) is 0 Å². The zero-order valence-electron chi connectivity index (χ0n) is 13.8. The molecular formula is C16H23N3O4S. The number of aromatic nitrogens is 1. The summed E-state index contributed by atoms with van der Waals surface area (Å²) in [6.07, 6.45) is 3.05. The Morgan fingerprint density at radius 3 is 2.71 bits per heavy atom. The van der Waals surface area contributed by atoms with Gasteiger partial charge in [0, 0.05) is 31.9 Å². The standard InChI is InChI=1S/C16H23N3O4S/c1-23-15-10-14(2-5-17-15)19-7-6-18(12-16(19)20)11-13-3-8-24(21,22)9-4-13/h2,5,10,13H,3-4,6-9,11-12H2,1H3. The highest BCUT2D eigenvalue weighted by molar-refractivity contribution is 7.91. The van der Waals surface area contributed by atoms with Crippen LogP contribution in [0.25, 0.3) is 0 Å². The van der Waals surface area contributed by atoms with E-state index < -0.39 is 9.84 Å². The van der Waals surface area contributed by atoms with E-state index in [0.29, 0.717) is 37.7 Å². The van der Waals surface area contributed by atoms with E-state index in [1.54, 1.807) is 24.3 Å². The molecule has 2 saturated heterocycles. The summed E-state index contributed by atoms with van der Waals surface area (Å²) < 4.78 is 28.1. The first-order valence-electron chi connectivity index (χ1n) is 8.20. The zero-order chi connectivity index (χ0) is 17.2. The third-order valence-corrected chi connectivity index (χ3v) is 6.45. The Bertz CT molecular complexity index is 693. The monoisotopic (exact) mass is 353 g/mol. The van der Waals surface area contributed by atoms with E-state index in [4.69, 9.17) is 4.74 Å². The topological polar surface area (TPSA) is 79.8 Å². The van der Waals surface area contributed by atoms with Crippen molar-refractivity contribution in [2.24, 2.45) is 5.92 Å². The van der Waals surface area contributed by atoms with E-state index in [9.17, 15) is 13.2 Å². The third-order valence-electron chi connectivity index (χ3n) is 4.73. The molecule has 2 aliphatic rings. The molecule has 24 heavy (non-hydrogen) atoms. The summed E-state index contributed by atoms with van der Waals surface area (Å²) in [5.41, 5.74) is 0.801. The lowest BCUT2D eigenvalue weighted by Gasteiger charge is -2.36. The first-order chi connectivity index (χ1) is 11.5. The Kier molecular flexibility index (Phi) is 5.05. The molecule has 0 aromatic carbocycles. The fraction of sp³-hybridized carbons (Fsp3) is 0.625. The number of hydrogen-bond acceptors (Lipinski definition) is 6. The summed E-state index contributed by atoms with van der Waals surface area (Å²) in [6.45, 7) is 2.58. The molecule has 0 bridgehead atoms. The maximum Gasteiger partial charge on any atom is 0.241 e. The van der Waals surface area contributed by atoms with Crippen LogP contribution in [-0.4, -0.2) is 69.0 Å². The molecule has 3 heterocycles. The average molecular weight is 353 g/mol. The molecule has 1 amide bonds. The van der Waals surface area contributed by atoms with Crippen LogP contribution in [0.5, 0.6) is 5.88 Å². The molecule has 0 N–H and O–H groups in total. The van der Waals surface area contributed by atoms with E-state index in [-0.39, 0.29) is 17.4 Å². The Morgan fingerprint density at radius 1 is 1.29 bits per heavy atom. The predicted octanol–water partition coefficient (Wildman–Crippen LogP) is 0.564. The van der Waals surface area contributed by atoms with Crippen LogP contribution in [0.4, 0.5) is 5.69 Å². The molecule has 0 saturated carbocycles. The number of anilines is 1. The molecule has 3 rings (SSSR count). The second-order valence-corrected chi connectivity index (χ2v) is 8.74. The number of carbonyl (C=O) groups excluding carboxylic acids is 1. The predicted molar refractivity (Wildman–Crippen MR) is 91.0 cm³/mol. The van der Waals surface area contributed by atoms with Gasteiger partial charge in [0.05, 0.1) is 30.8 Å². The fourth-order valence-electron chi connectivity index (χ4n) is 3.32. The highest BCUT2D eigenvalue weighted by atomic mass is 32.2. The smallest absolute Gasteiger partial charge is 0.241 e. The summed E-state index contributed by atoms with van der Waals surface area (Å²) in [6, 6.07) is 3.57. The van der Waals surface area contributed by atoms with Crippen molar-refractivity contribution < 1.29 is 17.9 Å². The van der Waals surface area contributed by atoms with E-state index in [0.717, 1.165) is 18.8 Å². The number of carbonyl (C=O) groups is 1. The number of piperazine rings is 1. The SMILES string of the molecule is COc1cc(N2CCN(CC3CCS(=O)(=O)CC3)CC2=O)ccn1. The van der Waals surface area contributed by atoms with Gasteiger partial charge in [-0.05, 0) is 24.8 Å². The van der Waals surface area contributed by atoms with Crippen LogP contribution >= 0.6 is 0 Å². The molecular weight excluding hydrogens is 330 g/mol. The maximum absolute atomic E-state index is 12.5. The first kappa shape index (κ1) is 17.2. The van der Waals surface area contributed by atoms with Gasteiger partial charge >= 0.3 is 0 Å². The molecule has 132 valence electrons. The van der Waals surface area contributed by atoms with Crippen molar-refractivity contribution in [3.63, 3.8) is 0 Å². The summed E-state index contributed by atoms with van der Waals surface area (Å²) in [5, 5.41) is 0. The van der Waals surface area contributed by atoms with Crippen molar-refractivity contribution in [2.45, 2.75) is 12.8 Å².